The Kier molecular flexibility index (Phi) is 5.02. The molecule has 0 heterocycles. The number of amides is 1. The van der Waals surface area contributed by atoms with Crippen LogP contribution in [0.2, 0.25) is 0 Å². The van der Waals surface area contributed by atoms with E-state index in [4.69, 9.17) is 11.6 Å². The van der Waals surface area contributed by atoms with E-state index in [0.29, 0.717) is 11.6 Å². The molecule has 0 aromatic heterocycles. The van der Waals surface area contributed by atoms with E-state index in [0.717, 1.165) is 0 Å². The summed E-state index contributed by atoms with van der Waals surface area (Å²) in [6, 6.07) is 0. The van der Waals surface area contributed by atoms with Gasteiger partial charge in [-0.05, 0) is 20.1 Å². The second kappa shape index (κ2) is 4.97. The van der Waals surface area contributed by atoms with Crippen LogP contribution in [0.1, 0.15) is 13.8 Å². The van der Waals surface area contributed by atoms with E-state index in [1.165, 1.54) is 11.8 Å². The van der Waals surface area contributed by atoms with Crippen molar-refractivity contribution < 1.29 is 4.79 Å². The van der Waals surface area contributed by atoms with Crippen LogP contribution in [0.4, 0.5) is 0 Å². The van der Waals surface area contributed by atoms with Gasteiger partial charge >= 0.3 is 0 Å². The number of thioether (sulfide) groups is 1. The predicted octanol–water partition coefficient (Wildman–Crippen LogP) is 1.83. The third-order valence-corrected chi connectivity index (χ3v) is 3.07. The third-order valence-electron chi connectivity index (χ3n) is 1.88. The molecule has 0 saturated heterocycles. The lowest BCUT2D eigenvalue weighted by Crippen LogP contribution is -2.47. The monoisotopic (exact) mass is 209 g/mol. The average Bonchev–Trinajstić information content (AvgIpc) is 2.03. The quantitative estimate of drug-likeness (QED) is 0.659. The molecule has 0 rings (SSSR count). The maximum Gasteiger partial charge on any atom is 0.232 e. The van der Waals surface area contributed by atoms with Crippen LogP contribution >= 0.6 is 23.4 Å². The molecule has 0 radical (unpaired) electrons. The van der Waals surface area contributed by atoms with Gasteiger partial charge in [0, 0.05) is 12.9 Å². The van der Waals surface area contributed by atoms with E-state index in [1.54, 1.807) is 11.9 Å². The van der Waals surface area contributed by atoms with Gasteiger partial charge in [-0.15, -0.1) is 11.6 Å². The minimum Gasteiger partial charge on any atom is -0.339 e. The molecule has 72 valence electrons. The van der Waals surface area contributed by atoms with Crippen molar-refractivity contribution in [3.05, 3.63) is 0 Å². The van der Waals surface area contributed by atoms with Crippen molar-refractivity contribution in [2.45, 2.75) is 19.4 Å². The summed E-state index contributed by atoms with van der Waals surface area (Å²) in [7, 11) is 1.79. The van der Waals surface area contributed by atoms with Crippen LogP contribution in [-0.2, 0) is 4.79 Å². The number of carbonyl (C=O) groups excluding carboxylic acids is 1. The van der Waals surface area contributed by atoms with Crippen LogP contribution in [0.3, 0.4) is 0 Å². The second-order valence-corrected chi connectivity index (χ2v) is 4.47. The van der Waals surface area contributed by atoms with Crippen molar-refractivity contribution in [1.82, 2.24) is 4.90 Å². The molecule has 0 N–H and O–H groups in total. The van der Waals surface area contributed by atoms with E-state index >= 15 is 0 Å². The van der Waals surface area contributed by atoms with Gasteiger partial charge in [-0.25, -0.2) is 0 Å². The van der Waals surface area contributed by atoms with Crippen LogP contribution in [0.25, 0.3) is 0 Å². The lowest BCUT2D eigenvalue weighted by molar-refractivity contribution is -0.131. The Balaban J connectivity index is 4.17. The summed E-state index contributed by atoms with van der Waals surface area (Å²) in [5.74, 6) is 1.12. The Morgan fingerprint density at radius 3 is 2.42 bits per heavy atom. The van der Waals surface area contributed by atoms with Crippen molar-refractivity contribution in [1.29, 1.82) is 0 Å². The lowest BCUT2D eigenvalue weighted by Gasteiger charge is -2.33. The Bertz CT molecular complexity index is 161. The molecule has 0 aromatic rings. The van der Waals surface area contributed by atoms with E-state index in [2.05, 4.69) is 0 Å². The van der Waals surface area contributed by atoms with Gasteiger partial charge in [-0.2, -0.15) is 11.8 Å². The average molecular weight is 210 g/mol. The van der Waals surface area contributed by atoms with Crippen LogP contribution in [0, 0.1) is 0 Å². The van der Waals surface area contributed by atoms with Crippen molar-refractivity contribution in [3.8, 4) is 0 Å². The van der Waals surface area contributed by atoms with Crippen LogP contribution in [0.5, 0.6) is 0 Å². The molecular formula is C8H16ClNOS. The Morgan fingerprint density at radius 2 is 2.08 bits per heavy atom. The van der Waals surface area contributed by atoms with E-state index in [-0.39, 0.29) is 11.4 Å². The summed E-state index contributed by atoms with van der Waals surface area (Å²) >= 11 is 7.26. The first-order valence-electron chi connectivity index (χ1n) is 3.77. The Morgan fingerprint density at radius 1 is 1.58 bits per heavy atom. The fourth-order valence-electron chi connectivity index (χ4n) is 0.648. The molecule has 4 heteroatoms. The topological polar surface area (TPSA) is 20.3 Å². The maximum absolute atomic E-state index is 11.4. The molecule has 0 aliphatic heterocycles. The van der Waals surface area contributed by atoms with Crippen molar-refractivity contribution in [2.75, 3.05) is 24.9 Å². The molecule has 0 fully saturated rings. The van der Waals surface area contributed by atoms with Gasteiger partial charge in [0.05, 0.1) is 11.3 Å². The van der Waals surface area contributed by atoms with Gasteiger partial charge in [0.2, 0.25) is 5.91 Å². The number of hydrogen-bond donors (Lipinski definition) is 0. The summed E-state index contributed by atoms with van der Waals surface area (Å²) in [5.41, 5.74) is -0.242. The fourth-order valence-corrected chi connectivity index (χ4v) is 1.27. The molecule has 12 heavy (non-hydrogen) atoms. The van der Waals surface area contributed by atoms with Crippen LogP contribution < -0.4 is 0 Å². The number of hydrogen-bond acceptors (Lipinski definition) is 2. The van der Waals surface area contributed by atoms with Gasteiger partial charge in [0.25, 0.3) is 0 Å². The molecule has 0 aliphatic carbocycles. The SMILES string of the molecule is CSCC(=O)N(C)C(C)(C)CCl. The molecule has 0 bridgehead atoms. The van der Waals surface area contributed by atoms with Gasteiger partial charge in [0.15, 0.2) is 0 Å². The smallest absolute Gasteiger partial charge is 0.232 e. The van der Waals surface area contributed by atoms with Gasteiger partial charge in [0.1, 0.15) is 0 Å². The molecule has 0 atom stereocenters. The molecule has 0 spiro atoms. The van der Waals surface area contributed by atoms with Crippen molar-refractivity contribution in [3.63, 3.8) is 0 Å². The Labute approximate surface area is 83.6 Å². The highest BCUT2D eigenvalue weighted by atomic mass is 35.5. The molecule has 2 nitrogen and oxygen atoms in total. The molecule has 0 unspecified atom stereocenters. The molecular weight excluding hydrogens is 194 g/mol. The zero-order valence-corrected chi connectivity index (χ0v) is 9.63. The van der Waals surface area contributed by atoms with Gasteiger partial charge in [-0.3, -0.25) is 4.79 Å². The highest BCUT2D eigenvalue weighted by molar-refractivity contribution is 7.99. The number of rotatable bonds is 4. The van der Waals surface area contributed by atoms with Crippen LogP contribution in [0.15, 0.2) is 0 Å². The van der Waals surface area contributed by atoms with Crippen molar-refractivity contribution in [2.24, 2.45) is 0 Å². The first-order chi connectivity index (χ1) is 5.45. The largest absolute Gasteiger partial charge is 0.339 e. The molecule has 0 aromatic carbocycles. The number of alkyl halides is 1. The molecule has 0 aliphatic rings. The number of carbonyl (C=O) groups is 1. The van der Waals surface area contributed by atoms with Gasteiger partial charge in [-0.1, -0.05) is 0 Å². The minimum atomic E-state index is -0.242. The van der Waals surface area contributed by atoms with Crippen molar-refractivity contribution >= 4 is 29.3 Å². The minimum absolute atomic E-state index is 0.133. The van der Waals surface area contributed by atoms with E-state index in [1.807, 2.05) is 20.1 Å². The summed E-state index contributed by atoms with van der Waals surface area (Å²) in [4.78, 5) is 13.1. The second-order valence-electron chi connectivity index (χ2n) is 3.33. The van der Waals surface area contributed by atoms with E-state index < -0.39 is 0 Å². The zero-order chi connectivity index (χ0) is 9.78. The summed E-state index contributed by atoms with van der Waals surface area (Å²) < 4.78 is 0. The maximum atomic E-state index is 11.4. The standard InChI is InChI=1S/C8H16ClNOS/c1-8(2,6-9)10(3)7(11)5-12-4/h5-6H2,1-4H3. The zero-order valence-electron chi connectivity index (χ0n) is 8.06. The first-order valence-corrected chi connectivity index (χ1v) is 5.70. The summed E-state index contributed by atoms with van der Waals surface area (Å²) in [6.07, 6.45) is 1.92. The summed E-state index contributed by atoms with van der Waals surface area (Å²) in [6.45, 7) is 3.91. The van der Waals surface area contributed by atoms with Gasteiger partial charge < -0.3 is 4.90 Å². The highest BCUT2D eigenvalue weighted by Gasteiger charge is 2.25. The highest BCUT2D eigenvalue weighted by Crippen LogP contribution is 2.15. The lowest BCUT2D eigenvalue weighted by atomic mass is 10.1. The Hall–Kier alpha value is 0.110. The third kappa shape index (κ3) is 3.23. The number of halogens is 1. The van der Waals surface area contributed by atoms with E-state index in [9.17, 15) is 4.79 Å². The molecule has 0 saturated carbocycles. The number of nitrogens with zero attached hydrogens (tertiary/aromatic N) is 1. The first kappa shape index (κ1) is 12.1. The normalized spacial score (nSPS) is 11.4. The summed E-state index contributed by atoms with van der Waals surface area (Å²) in [5, 5.41) is 0. The fraction of sp³-hybridized carbons (Fsp3) is 0.875. The predicted molar refractivity (Wildman–Crippen MR) is 56.0 cm³/mol. The van der Waals surface area contributed by atoms with Crippen LogP contribution in [-0.4, -0.2) is 41.3 Å². The molecule has 1 amide bonds.